The van der Waals surface area contributed by atoms with Crippen molar-refractivity contribution in [2.75, 3.05) is 6.61 Å². The van der Waals surface area contributed by atoms with Crippen LogP contribution in [0.1, 0.15) is 46.0 Å². The first-order valence-electron chi connectivity index (χ1n) is 4.98. The SMILES string of the molecule is CCCCCC(CCO)OC(C)=O. The van der Waals surface area contributed by atoms with Crippen molar-refractivity contribution in [3.05, 3.63) is 0 Å². The summed E-state index contributed by atoms with van der Waals surface area (Å²) in [4.78, 5) is 10.7. The minimum absolute atomic E-state index is 0.0874. The molecule has 0 fully saturated rings. The average Bonchev–Trinajstić information content (AvgIpc) is 2.04. The van der Waals surface area contributed by atoms with Gasteiger partial charge in [0.15, 0.2) is 0 Å². The number of carbonyl (C=O) groups excluding carboxylic acids is 1. The smallest absolute Gasteiger partial charge is 0.302 e. The van der Waals surface area contributed by atoms with E-state index in [0.29, 0.717) is 6.42 Å². The van der Waals surface area contributed by atoms with E-state index in [1.54, 1.807) is 0 Å². The molecular formula is C10H20O3. The monoisotopic (exact) mass is 188 g/mol. The maximum absolute atomic E-state index is 10.7. The summed E-state index contributed by atoms with van der Waals surface area (Å²) in [6, 6.07) is 0. The van der Waals surface area contributed by atoms with Gasteiger partial charge in [-0.15, -0.1) is 0 Å². The Hall–Kier alpha value is -0.570. The Morgan fingerprint density at radius 3 is 2.54 bits per heavy atom. The van der Waals surface area contributed by atoms with Crippen LogP contribution in [0.2, 0.25) is 0 Å². The highest BCUT2D eigenvalue weighted by Gasteiger charge is 2.10. The maximum atomic E-state index is 10.7. The summed E-state index contributed by atoms with van der Waals surface area (Å²) in [7, 11) is 0. The van der Waals surface area contributed by atoms with Gasteiger partial charge in [-0.3, -0.25) is 4.79 Å². The zero-order valence-electron chi connectivity index (χ0n) is 8.58. The molecule has 1 N–H and O–H groups in total. The van der Waals surface area contributed by atoms with Gasteiger partial charge in [-0.05, 0) is 12.8 Å². The second-order valence-electron chi connectivity index (χ2n) is 3.24. The van der Waals surface area contributed by atoms with E-state index >= 15 is 0 Å². The minimum atomic E-state index is -0.255. The predicted molar refractivity (Wildman–Crippen MR) is 51.4 cm³/mol. The second-order valence-corrected chi connectivity index (χ2v) is 3.24. The van der Waals surface area contributed by atoms with E-state index in [2.05, 4.69) is 6.92 Å². The molecule has 0 aliphatic rings. The van der Waals surface area contributed by atoms with Crippen LogP contribution < -0.4 is 0 Å². The number of hydrogen-bond acceptors (Lipinski definition) is 3. The van der Waals surface area contributed by atoms with E-state index in [1.807, 2.05) is 0 Å². The number of unbranched alkanes of at least 4 members (excludes halogenated alkanes) is 2. The van der Waals surface area contributed by atoms with Gasteiger partial charge < -0.3 is 9.84 Å². The molecule has 0 rings (SSSR count). The lowest BCUT2D eigenvalue weighted by Crippen LogP contribution is -2.17. The molecular weight excluding hydrogens is 168 g/mol. The summed E-state index contributed by atoms with van der Waals surface area (Å²) in [5.74, 6) is -0.255. The number of hydrogen-bond donors (Lipinski definition) is 1. The molecule has 0 aromatic carbocycles. The third-order valence-electron chi connectivity index (χ3n) is 1.91. The number of rotatable bonds is 7. The molecule has 0 aromatic heterocycles. The van der Waals surface area contributed by atoms with E-state index in [4.69, 9.17) is 9.84 Å². The second kappa shape index (κ2) is 8.05. The Morgan fingerprint density at radius 2 is 2.08 bits per heavy atom. The summed E-state index contributed by atoms with van der Waals surface area (Å²) < 4.78 is 5.04. The fourth-order valence-electron chi connectivity index (χ4n) is 1.26. The molecule has 1 atom stereocenters. The van der Waals surface area contributed by atoms with Crippen molar-refractivity contribution in [1.29, 1.82) is 0 Å². The largest absolute Gasteiger partial charge is 0.462 e. The molecule has 1 unspecified atom stereocenters. The molecule has 0 amide bonds. The van der Waals surface area contributed by atoms with Crippen molar-refractivity contribution in [2.45, 2.75) is 52.1 Å². The normalized spacial score (nSPS) is 12.5. The number of esters is 1. The Labute approximate surface area is 80.1 Å². The lowest BCUT2D eigenvalue weighted by Gasteiger charge is -2.15. The van der Waals surface area contributed by atoms with Crippen LogP contribution in [0.3, 0.4) is 0 Å². The Bertz CT molecular complexity index is 134. The lowest BCUT2D eigenvalue weighted by molar-refractivity contribution is -0.147. The predicted octanol–water partition coefficient (Wildman–Crippen LogP) is 1.88. The molecule has 0 saturated carbocycles. The molecule has 0 saturated heterocycles. The van der Waals surface area contributed by atoms with Gasteiger partial charge in [0.25, 0.3) is 0 Å². The molecule has 0 radical (unpaired) electrons. The van der Waals surface area contributed by atoms with E-state index < -0.39 is 0 Å². The first-order valence-corrected chi connectivity index (χ1v) is 4.98. The van der Waals surface area contributed by atoms with Crippen LogP contribution in [-0.2, 0) is 9.53 Å². The molecule has 0 spiro atoms. The minimum Gasteiger partial charge on any atom is -0.462 e. The van der Waals surface area contributed by atoms with Crippen LogP contribution >= 0.6 is 0 Å². The van der Waals surface area contributed by atoms with Gasteiger partial charge in [-0.25, -0.2) is 0 Å². The molecule has 0 aromatic rings. The van der Waals surface area contributed by atoms with Crippen molar-refractivity contribution >= 4 is 5.97 Å². The first kappa shape index (κ1) is 12.4. The summed E-state index contributed by atoms with van der Waals surface area (Å²) in [6.07, 6.45) is 4.72. The van der Waals surface area contributed by atoms with E-state index in [9.17, 15) is 4.79 Å². The van der Waals surface area contributed by atoms with Crippen LogP contribution in [-0.4, -0.2) is 23.8 Å². The van der Waals surface area contributed by atoms with Crippen LogP contribution in [0, 0.1) is 0 Å². The summed E-state index contributed by atoms with van der Waals surface area (Å²) in [6.45, 7) is 3.63. The van der Waals surface area contributed by atoms with Crippen LogP contribution in [0.15, 0.2) is 0 Å². The van der Waals surface area contributed by atoms with Crippen molar-refractivity contribution in [3.63, 3.8) is 0 Å². The average molecular weight is 188 g/mol. The highest BCUT2D eigenvalue weighted by Crippen LogP contribution is 2.10. The van der Waals surface area contributed by atoms with Gasteiger partial charge in [0.1, 0.15) is 6.10 Å². The number of ether oxygens (including phenoxy) is 1. The third-order valence-corrected chi connectivity index (χ3v) is 1.91. The molecule has 0 aliphatic heterocycles. The van der Waals surface area contributed by atoms with Crippen molar-refractivity contribution in [3.8, 4) is 0 Å². The molecule has 0 heterocycles. The van der Waals surface area contributed by atoms with Gasteiger partial charge in [0.2, 0.25) is 0 Å². The van der Waals surface area contributed by atoms with E-state index in [0.717, 1.165) is 25.7 Å². The Balaban J connectivity index is 3.59. The molecule has 3 heteroatoms. The van der Waals surface area contributed by atoms with Gasteiger partial charge in [0, 0.05) is 20.0 Å². The molecule has 78 valence electrons. The highest BCUT2D eigenvalue weighted by atomic mass is 16.5. The van der Waals surface area contributed by atoms with Gasteiger partial charge in [0.05, 0.1) is 0 Å². The summed E-state index contributed by atoms with van der Waals surface area (Å²) in [5.41, 5.74) is 0. The van der Waals surface area contributed by atoms with Crippen LogP contribution in [0.5, 0.6) is 0 Å². The number of aliphatic hydroxyl groups excluding tert-OH is 1. The van der Waals surface area contributed by atoms with Crippen LogP contribution in [0.25, 0.3) is 0 Å². The topological polar surface area (TPSA) is 46.5 Å². The molecule has 0 aliphatic carbocycles. The third kappa shape index (κ3) is 7.78. The summed E-state index contributed by atoms with van der Waals surface area (Å²) in [5, 5.41) is 8.71. The first-order chi connectivity index (χ1) is 6.20. The highest BCUT2D eigenvalue weighted by molar-refractivity contribution is 5.66. The maximum Gasteiger partial charge on any atom is 0.302 e. The van der Waals surface area contributed by atoms with Crippen molar-refractivity contribution < 1.29 is 14.6 Å². The Kier molecular flexibility index (Phi) is 7.69. The number of carbonyl (C=O) groups is 1. The van der Waals surface area contributed by atoms with E-state index in [1.165, 1.54) is 6.92 Å². The van der Waals surface area contributed by atoms with Gasteiger partial charge in [-0.2, -0.15) is 0 Å². The zero-order chi connectivity index (χ0) is 10.1. The zero-order valence-corrected chi connectivity index (χ0v) is 8.58. The van der Waals surface area contributed by atoms with Crippen molar-refractivity contribution in [1.82, 2.24) is 0 Å². The fraction of sp³-hybridized carbons (Fsp3) is 0.900. The van der Waals surface area contributed by atoms with E-state index in [-0.39, 0.29) is 18.7 Å². The lowest BCUT2D eigenvalue weighted by atomic mass is 10.1. The number of aliphatic hydroxyl groups is 1. The molecule has 3 nitrogen and oxygen atoms in total. The van der Waals surface area contributed by atoms with Crippen molar-refractivity contribution in [2.24, 2.45) is 0 Å². The molecule has 0 bridgehead atoms. The van der Waals surface area contributed by atoms with Gasteiger partial charge >= 0.3 is 5.97 Å². The van der Waals surface area contributed by atoms with Crippen LogP contribution in [0.4, 0.5) is 0 Å². The quantitative estimate of drug-likeness (QED) is 0.490. The Morgan fingerprint density at radius 1 is 1.38 bits per heavy atom. The summed E-state index contributed by atoms with van der Waals surface area (Å²) >= 11 is 0. The molecule has 13 heavy (non-hydrogen) atoms. The van der Waals surface area contributed by atoms with Gasteiger partial charge in [-0.1, -0.05) is 19.8 Å². The fourth-order valence-corrected chi connectivity index (χ4v) is 1.26. The standard InChI is InChI=1S/C10H20O3/c1-3-4-5-6-10(7-8-11)13-9(2)12/h10-11H,3-8H2,1-2H3.